The molecule has 19 heavy (non-hydrogen) atoms. The average Bonchev–Trinajstić information content (AvgIpc) is 2.43. The Morgan fingerprint density at radius 3 is 2.58 bits per heavy atom. The van der Waals surface area contributed by atoms with Gasteiger partial charge in [-0.25, -0.2) is 0 Å². The SMILES string of the molecule is CNc1nc(Nc2cccc(Br)c2C)nc(OC)n1. The smallest absolute Gasteiger partial charge is 0.322 e. The first-order chi connectivity index (χ1) is 9.13. The van der Waals surface area contributed by atoms with Gasteiger partial charge in [0.05, 0.1) is 7.11 Å². The van der Waals surface area contributed by atoms with Crippen molar-refractivity contribution in [2.24, 2.45) is 0 Å². The zero-order valence-corrected chi connectivity index (χ0v) is 12.4. The van der Waals surface area contributed by atoms with Crippen LogP contribution in [0.2, 0.25) is 0 Å². The van der Waals surface area contributed by atoms with E-state index < -0.39 is 0 Å². The first-order valence-electron chi connectivity index (χ1n) is 5.64. The fraction of sp³-hybridized carbons (Fsp3) is 0.250. The van der Waals surface area contributed by atoms with Gasteiger partial charge in [-0.05, 0) is 24.6 Å². The molecule has 0 spiro atoms. The van der Waals surface area contributed by atoms with E-state index in [1.807, 2.05) is 25.1 Å². The van der Waals surface area contributed by atoms with Crippen LogP contribution in [0.4, 0.5) is 17.6 Å². The van der Waals surface area contributed by atoms with Crippen LogP contribution in [0.3, 0.4) is 0 Å². The van der Waals surface area contributed by atoms with Crippen molar-refractivity contribution in [3.63, 3.8) is 0 Å². The summed E-state index contributed by atoms with van der Waals surface area (Å²) in [6.07, 6.45) is 0. The van der Waals surface area contributed by atoms with Crippen LogP contribution in [0, 0.1) is 6.92 Å². The Hall–Kier alpha value is -1.89. The lowest BCUT2D eigenvalue weighted by atomic mass is 10.2. The van der Waals surface area contributed by atoms with Gasteiger partial charge >= 0.3 is 6.01 Å². The highest BCUT2D eigenvalue weighted by atomic mass is 79.9. The number of hydrogen-bond acceptors (Lipinski definition) is 6. The van der Waals surface area contributed by atoms with E-state index in [1.165, 1.54) is 7.11 Å². The average molecular weight is 324 g/mol. The van der Waals surface area contributed by atoms with E-state index in [0.29, 0.717) is 11.9 Å². The molecule has 0 amide bonds. The Balaban J connectivity index is 2.34. The van der Waals surface area contributed by atoms with Crippen LogP contribution in [-0.2, 0) is 0 Å². The van der Waals surface area contributed by atoms with Gasteiger partial charge in [0.1, 0.15) is 0 Å². The van der Waals surface area contributed by atoms with Gasteiger partial charge in [0.2, 0.25) is 11.9 Å². The van der Waals surface area contributed by atoms with Crippen LogP contribution in [0.25, 0.3) is 0 Å². The van der Waals surface area contributed by atoms with Crippen molar-refractivity contribution in [3.8, 4) is 6.01 Å². The third-order valence-electron chi connectivity index (χ3n) is 2.54. The summed E-state index contributed by atoms with van der Waals surface area (Å²) in [5.74, 6) is 0.874. The summed E-state index contributed by atoms with van der Waals surface area (Å²) in [6, 6.07) is 6.13. The summed E-state index contributed by atoms with van der Waals surface area (Å²) in [6.45, 7) is 2.00. The highest BCUT2D eigenvalue weighted by Crippen LogP contribution is 2.25. The number of rotatable bonds is 4. The van der Waals surface area contributed by atoms with Crippen LogP contribution in [0.15, 0.2) is 22.7 Å². The summed E-state index contributed by atoms with van der Waals surface area (Å²) in [5, 5.41) is 6.01. The molecule has 0 saturated heterocycles. The van der Waals surface area contributed by atoms with Gasteiger partial charge in [-0.1, -0.05) is 22.0 Å². The normalized spacial score (nSPS) is 10.1. The molecule has 1 aromatic carbocycles. The number of nitrogens with one attached hydrogen (secondary N) is 2. The zero-order valence-electron chi connectivity index (χ0n) is 10.9. The molecule has 0 unspecified atom stereocenters. The Kier molecular flexibility index (Phi) is 4.16. The Bertz CT molecular complexity index is 568. The molecule has 0 radical (unpaired) electrons. The molecular formula is C12H14BrN5O. The number of hydrogen-bond donors (Lipinski definition) is 2. The van der Waals surface area contributed by atoms with Crippen molar-refractivity contribution in [1.29, 1.82) is 0 Å². The van der Waals surface area contributed by atoms with E-state index in [0.717, 1.165) is 15.7 Å². The second-order valence-corrected chi connectivity index (χ2v) is 4.61. The molecule has 0 fully saturated rings. The quantitative estimate of drug-likeness (QED) is 0.901. The largest absolute Gasteiger partial charge is 0.467 e. The zero-order chi connectivity index (χ0) is 13.8. The molecule has 2 aromatic rings. The van der Waals surface area contributed by atoms with Crippen molar-refractivity contribution in [1.82, 2.24) is 15.0 Å². The molecule has 0 atom stereocenters. The molecule has 0 aliphatic rings. The second kappa shape index (κ2) is 5.83. The van der Waals surface area contributed by atoms with Crippen molar-refractivity contribution in [2.45, 2.75) is 6.92 Å². The van der Waals surface area contributed by atoms with E-state index in [4.69, 9.17) is 4.74 Å². The monoisotopic (exact) mass is 323 g/mol. The summed E-state index contributed by atoms with van der Waals surface area (Å²) >= 11 is 3.49. The van der Waals surface area contributed by atoms with Gasteiger partial charge in [-0.3, -0.25) is 0 Å². The molecule has 1 heterocycles. The Labute approximate surface area is 119 Å². The minimum Gasteiger partial charge on any atom is -0.467 e. The highest BCUT2D eigenvalue weighted by molar-refractivity contribution is 9.10. The minimum absolute atomic E-state index is 0.259. The van der Waals surface area contributed by atoms with Gasteiger partial charge < -0.3 is 15.4 Å². The molecule has 1 aromatic heterocycles. The molecule has 0 bridgehead atoms. The molecule has 7 heteroatoms. The topological polar surface area (TPSA) is 72.0 Å². The second-order valence-electron chi connectivity index (χ2n) is 3.76. The summed E-state index contributed by atoms with van der Waals surface area (Å²) in [7, 11) is 3.26. The van der Waals surface area contributed by atoms with E-state index in [2.05, 4.69) is 41.5 Å². The van der Waals surface area contributed by atoms with Gasteiger partial charge in [-0.2, -0.15) is 15.0 Å². The maximum absolute atomic E-state index is 5.04. The van der Waals surface area contributed by atoms with Crippen molar-refractivity contribution < 1.29 is 4.74 Å². The van der Waals surface area contributed by atoms with Crippen LogP contribution >= 0.6 is 15.9 Å². The lowest BCUT2D eigenvalue weighted by molar-refractivity contribution is 0.379. The number of methoxy groups -OCH3 is 1. The Morgan fingerprint density at radius 1 is 1.16 bits per heavy atom. The lowest BCUT2D eigenvalue weighted by Gasteiger charge is -2.10. The van der Waals surface area contributed by atoms with Crippen LogP contribution in [0.5, 0.6) is 6.01 Å². The first-order valence-corrected chi connectivity index (χ1v) is 6.43. The van der Waals surface area contributed by atoms with E-state index in [9.17, 15) is 0 Å². The number of benzene rings is 1. The van der Waals surface area contributed by atoms with Gasteiger partial charge in [0.15, 0.2) is 0 Å². The lowest BCUT2D eigenvalue weighted by Crippen LogP contribution is -2.06. The first kappa shape index (κ1) is 13.5. The number of halogens is 1. The van der Waals surface area contributed by atoms with Crippen molar-refractivity contribution >= 4 is 33.5 Å². The molecule has 0 aliphatic carbocycles. The van der Waals surface area contributed by atoms with Crippen molar-refractivity contribution in [2.75, 3.05) is 24.8 Å². The van der Waals surface area contributed by atoms with Crippen LogP contribution in [-0.4, -0.2) is 29.1 Å². The van der Waals surface area contributed by atoms with E-state index >= 15 is 0 Å². The molecule has 0 saturated carbocycles. The molecule has 0 aliphatic heterocycles. The van der Waals surface area contributed by atoms with Gasteiger partial charge in [0.25, 0.3) is 0 Å². The number of anilines is 3. The number of ether oxygens (including phenoxy) is 1. The number of nitrogens with zero attached hydrogens (tertiary/aromatic N) is 3. The van der Waals surface area contributed by atoms with Gasteiger partial charge in [-0.15, -0.1) is 0 Å². The molecular weight excluding hydrogens is 310 g/mol. The van der Waals surface area contributed by atoms with Crippen molar-refractivity contribution in [3.05, 3.63) is 28.2 Å². The standard InChI is InChI=1S/C12H14BrN5O/c1-7-8(13)5-4-6-9(7)15-11-16-10(14-2)17-12(18-11)19-3/h4-6H,1-3H3,(H2,14,15,16,17,18). The maximum Gasteiger partial charge on any atom is 0.322 e. The van der Waals surface area contributed by atoms with Crippen LogP contribution in [0.1, 0.15) is 5.56 Å². The minimum atomic E-state index is 0.259. The fourth-order valence-electron chi connectivity index (χ4n) is 1.48. The Morgan fingerprint density at radius 2 is 1.89 bits per heavy atom. The summed E-state index contributed by atoms with van der Waals surface area (Å²) in [4.78, 5) is 12.4. The molecule has 6 nitrogen and oxygen atoms in total. The highest BCUT2D eigenvalue weighted by Gasteiger charge is 2.08. The van der Waals surface area contributed by atoms with E-state index in [-0.39, 0.29) is 6.01 Å². The van der Waals surface area contributed by atoms with E-state index in [1.54, 1.807) is 7.05 Å². The fourth-order valence-corrected chi connectivity index (χ4v) is 1.85. The third-order valence-corrected chi connectivity index (χ3v) is 3.39. The maximum atomic E-state index is 5.04. The van der Waals surface area contributed by atoms with Gasteiger partial charge in [0, 0.05) is 17.2 Å². The molecule has 2 N–H and O–H groups in total. The molecule has 2 rings (SSSR count). The summed E-state index contributed by atoms with van der Waals surface area (Å²) in [5.41, 5.74) is 2.00. The van der Waals surface area contributed by atoms with Crippen LogP contribution < -0.4 is 15.4 Å². The number of aromatic nitrogens is 3. The summed E-state index contributed by atoms with van der Waals surface area (Å²) < 4.78 is 6.06. The molecule has 100 valence electrons. The predicted molar refractivity (Wildman–Crippen MR) is 78.1 cm³/mol. The third kappa shape index (κ3) is 3.11. The predicted octanol–water partition coefficient (Wildman–Crippen LogP) is 2.74.